The first kappa shape index (κ1) is 13.3. The lowest BCUT2D eigenvalue weighted by atomic mass is 10.1. The lowest BCUT2D eigenvalue weighted by molar-refractivity contribution is 0.0952. The third-order valence-corrected chi connectivity index (χ3v) is 4.93. The van der Waals surface area contributed by atoms with Crippen LogP contribution in [-0.4, -0.2) is 42.5 Å². The number of hydrogen-bond donors (Lipinski definition) is 2. The van der Waals surface area contributed by atoms with Crippen LogP contribution in [0, 0.1) is 5.92 Å². The van der Waals surface area contributed by atoms with E-state index < -0.39 is 0 Å². The highest BCUT2D eigenvalue weighted by atomic mass is 32.1. The minimum atomic E-state index is -0.0711. The van der Waals surface area contributed by atoms with Crippen molar-refractivity contribution in [1.29, 1.82) is 0 Å². The van der Waals surface area contributed by atoms with Gasteiger partial charge in [0.25, 0.3) is 5.91 Å². The number of aromatic nitrogens is 1. The Morgan fingerprint density at radius 1 is 1.65 bits per heavy atom. The molecule has 1 atom stereocenters. The number of nitrogen functional groups attached to an aromatic ring is 1. The van der Waals surface area contributed by atoms with Gasteiger partial charge in [0, 0.05) is 30.9 Å². The van der Waals surface area contributed by atoms with Crippen LogP contribution < -0.4 is 11.1 Å². The van der Waals surface area contributed by atoms with Crippen LogP contribution in [-0.2, 0) is 0 Å². The number of nitrogens with one attached hydrogen (secondary N) is 1. The van der Waals surface area contributed by atoms with Gasteiger partial charge < -0.3 is 16.0 Å². The molecule has 20 heavy (non-hydrogen) atoms. The van der Waals surface area contributed by atoms with Crippen molar-refractivity contribution < 1.29 is 4.79 Å². The van der Waals surface area contributed by atoms with Gasteiger partial charge in [-0.3, -0.25) is 9.78 Å². The highest BCUT2D eigenvalue weighted by molar-refractivity contribution is 7.21. The summed E-state index contributed by atoms with van der Waals surface area (Å²) in [5.74, 6) is 0.472. The number of pyridine rings is 1. The topological polar surface area (TPSA) is 71.2 Å². The van der Waals surface area contributed by atoms with Crippen LogP contribution in [0.5, 0.6) is 0 Å². The molecule has 0 saturated carbocycles. The zero-order chi connectivity index (χ0) is 14.1. The van der Waals surface area contributed by atoms with E-state index in [1.165, 1.54) is 11.3 Å². The summed E-state index contributed by atoms with van der Waals surface area (Å²) >= 11 is 1.41. The van der Waals surface area contributed by atoms with E-state index in [9.17, 15) is 4.79 Å². The van der Waals surface area contributed by atoms with Crippen molar-refractivity contribution in [3.63, 3.8) is 0 Å². The summed E-state index contributed by atoms with van der Waals surface area (Å²) in [5, 5.41) is 3.92. The smallest absolute Gasteiger partial charge is 0.263 e. The molecule has 1 aliphatic rings. The largest absolute Gasteiger partial charge is 0.397 e. The van der Waals surface area contributed by atoms with Crippen molar-refractivity contribution >= 4 is 33.0 Å². The number of carbonyl (C=O) groups excluding carboxylic acids is 1. The van der Waals surface area contributed by atoms with Crippen molar-refractivity contribution in [2.24, 2.45) is 5.92 Å². The van der Waals surface area contributed by atoms with E-state index in [2.05, 4.69) is 22.2 Å². The molecule has 0 bridgehead atoms. The van der Waals surface area contributed by atoms with Crippen LogP contribution >= 0.6 is 11.3 Å². The Balaban J connectivity index is 1.71. The highest BCUT2D eigenvalue weighted by Gasteiger charge is 2.21. The van der Waals surface area contributed by atoms with E-state index in [4.69, 9.17) is 5.73 Å². The van der Waals surface area contributed by atoms with Gasteiger partial charge >= 0.3 is 0 Å². The zero-order valence-electron chi connectivity index (χ0n) is 11.4. The normalized spacial score (nSPS) is 19.6. The lowest BCUT2D eigenvalue weighted by Gasteiger charge is -2.11. The average molecular weight is 290 g/mol. The molecule has 0 aromatic carbocycles. The van der Waals surface area contributed by atoms with Gasteiger partial charge in [-0.15, -0.1) is 11.3 Å². The number of amides is 1. The molecule has 3 heterocycles. The lowest BCUT2D eigenvalue weighted by Crippen LogP contribution is -2.30. The van der Waals surface area contributed by atoms with Gasteiger partial charge in [-0.05, 0) is 32.0 Å². The molecule has 2 aromatic rings. The van der Waals surface area contributed by atoms with Crippen LogP contribution in [0.2, 0.25) is 0 Å². The standard InChI is InChI=1S/C14H18N4OS/c1-18-5-3-9(8-18)6-17-14(19)13-12(15)10-2-4-16-7-11(10)20-13/h2,4,7,9H,3,5-6,8,15H2,1H3,(H,17,19). The number of likely N-dealkylation sites (tertiary alicyclic amines) is 1. The Kier molecular flexibility index (Phi) is 3.58. The van der Waals surface area contributed by atoms with Crippen molar-refractivity contribution in [1.82, 2.24) is 15.2 Å². The quantitative estimate of drug-likeness (QED) is 0.900. The van der Waals surface area contributed by atoms with Crippen molar-refractivity contribution in [3.8, 4) is 0 Å². The molecule has 6 heteroatoms. The Labute approximate surface area is 121 Å². The number of carbonyl (C=O) groups is 1. The summed E-state index contributed by atoms with van der Waals surface area (Å²) in [6.07, 6.45) is 4.59. The van der Waals surface area contributed by atoms with Gasteiger partial charge in [0.05, 0.1) is 10.4 Å². The Bertz CT molecular complexity index is 639. The molecule has 1 aliphatic heterocycles. The molecular weight excluding hydrogens is 272 g/mol. The van der Waals surface area contributed by atoms with Gasteiger partial charge in [-0.1, -0.05) is 0 Å². The third-order valence-electron chi connectivity index (χ3n) is 3.78. The summed E-state index contributed by atoms with van der Waals surface area (Å²) in [6, 6.07) is 1.85. The molecule has 2 aromatic heterocycles. The van der Waals surface area contributed by atoms with Crippen molar-refractivity contribution in [3.05, 3.63) is 23.3 Å². The summed E-state index contributed by atoms with van der Waals surface area (Å²) in [5.41, 5.74) is 6.62. The molecule has 1 unspecified atom stereocenters. The number of nitrogens with two attached hydrogens (primary N) is 1. The number of fused-ring (bicyclic) bond motifs is 1. The van der Waals surface area contributed by atoms with Gasteiger partial charge in [0.15, 0.2) is 0 Å². The van der Waals surface area contributed by atoms with E-state index in [1.807, 2.05) is 6.07 Å². The van der Waals surface area contributed by atoms with Gasteiger partial charge in [0.1, 0.15) is 4.88 Å². The molecule has 106 valence electrons. The van der Waals surface area contributed by atoms with Crippen molar-refractivity contribution in [2.75, 3.05) is 32.4 Å². The van der Waals surface area contributed by atoms with E-state index >= 15 is 0 Å². The van der Waals surface area contributed by atoms with Gasteiger partial charge in [0.2, 0.25) is 0 Å². The first-order chi connectivity index (χ1) is 9.65. The Morgan fingerprint density at radius 2 is 2.50 bits per heavy atom. The maximum Gasteiger partial charge on any atom is 0.263 e. The SMILES string of the molecule is CN1CCC(CNC(=O)c2sc3cnccc3c2N)C1. The minimum absolute atomic E-state index is 0.0711. The van der Waals surface area contributed by atoms with Crippen LogP contribution in [0.4, 0.5) is 5.69 Å². The van der Waals surface area contributed by atoms with E-state index in [0.717, 1.165) is 36.1 Å². The molecule has 3 rings (SSSR count). The maximum absolute atomic E-state index is 12.3. The molecule has 0 radical (unpaired) electrons. The van der Waals surface area contributed by atoms with Crippen LogP contribution in [0.25, 0.3) is 10.1 Å². The summed E-state index contributed by atoms with van der Waals surface area (Å²) in [6.45, 7) is 2.87. The highest BCUT2D eigenvalue weighted by Crippen LogP contribution is 2.32. The summed E-state index contributed by atoms with van der Waals surface area (Å²) < 4.78 is 0.954. The number of hydrogen-bond acceptors (Lipinski definition) is 5. The Hall–Kier alpha value is -1.66. The second-order valence-electron chi connectivity index (χ2n) is 5.34. The van der Waals surface area contributed by atoms with E-state index in [-0.39, 0.29) is 5.91 Å². The molecule has 0 spiro atoms. The van der Waals surface area contributed by atoms with Gasteiger partial charge in [-0.2, -0.15) is 0 Å². The average Bonchev–Trinajstić information content (AvgIpc) is 3.01. The zero-order valence-corrected chi connectivity index (χ0v) is 12.2. The third kappa shape index (κ3) is 2.48. The Morgan fingerprint density at radius 3 is 3.20 bits per heavy atom. The monoisotopic (exact) mass is 290 g/mol. The summed E-state index contributed by atoms with van der Waals surface area (Å²) in [7, 11) is 2.11. The minimum Gasteiger partial charge on any atom is -0.397 e. The van der Waals surface area contributed by atoms with Crippen LogP contribution in [0.3, 0.4) is 0 Å². The fraction of sp³-hybridized carbons (Fsp3) is 0.429. The molecular formula is C14H18N4OS. The van der Waals surface area contributed by atoms with E-state index in [1.54, 1.807) is 12.4 Å². The molecule has 1 amide bonds. The molecule has 3 N–H and O–H groups in total. The molecule has 1 saturated heterocycles. The second-order valence-corrected chi connectivity index (χ2v) is 6.40. The van der Waals surface area contributed by atoms with Gasteiger partial charge in [-0.25, -0.2) is 0 Å². The number of anilines is 1. The van der Waals surface area contributed by atoms with Crippen molar-refractivity contribution in [2.45, 2.75) is 6.42 Å². The van der Waals surface area contributed by atoms with E-state index in [0.29, 0.717) is 16.5 Å². The van der Waals surface area contributed by atoms with Crippen LogP contribution in [0.1, 0.15) is 16.1 Å². The van der Waals surface area contributed by atoms with Crippen LogP contribution in [0.15, 0.2) is 18.5 Å². The second kappa shape index (κ2) is 5.38. The maximum atomic E-state index is 12.3. The predicted molar refractivity (Wildman–Crippen MR) is 82.0 cm³/mol. The summed E-state index contributed by atoms with van der Waals surface area (Å²) in [4.78, 5) is 19.2. The first-order valence-corrected chi connectivity index (χ1v) is 7.55. The molecule has 1 fully saturated rings. The predicted octanol–water partition coefficient (Wildman–Crippen LogP) is 1.56. The fourth-order valence-electron chi connectivity index (χ4n) is 2.65. The molecule has 5 nitrogen and oxygen atoms in total. The molecule has 0 aliphatic carbocycles. The first-order valence-electron chi connectivity index (χ1n) is 6.74. The fourth-order valence-corrected chi connectivity index (χ4v) is 3.66. The number of rotatable bonds is 3. The number of nitrogens with zero attached hydrogens (tertiary/aromatic N) is 2. The number of thiophene rings is 1.